The van der Waals surface area contributed by atoms with E-state index in [4.69, 9.17) is 10.5 Å². The second-order valence-electron chi connectivity index (χ2n) is 5.38. The maximum absolute atomic E-state index is 14.6. The fourth-order valence-electron chi connectivity index (χ4n) is 2.91. The number of alkyl halides is 1. The molecule has 2 aliphatic rings. The average molecular weight is 283 g/mol. The molecule has 1 saturated heterocycles. The summed E-state index contributed by atoms with van der Waals surface area (Å²) in [6, 6.07) is -0.439. The van der Waals surface area contributed by atoms with Crippen LogP contribution in [-0.4, -0.2) is 35.1 Å². The molecule has 0 saturated carbocycles. The van der Waals surface area contributed by atoms with E-state index >= 15 is 0 Å². The smallest absolute Gasteiger partial charge is 0.325 e. The zero-order valence-corrected chi connectivity index (χ0v) is 11.9. The van der Waals surface area contributed by atoms with Crippen LogP contribution in [0.2, 0.25) is 0 Å². The molecule has 0 radical (unpaired) electrons. The van der Waals surface area contributed by atoms with Gasteiger partial charge in [-0.15, -0.1) is 6.58 Å². The monoisotopic (exact) mass is 283 g/mol. The lowest BCUT2D eigenvalue weighted by molar-refractivity contribution is -0.0970. The maximum Gasteiger partial charge on any atom is 0.325 e. The number of nitrogens with one attached hydrogen (secondary N) is 1. The fraction of sp³-hybridized carbons (Fsp3) is 0.643. The van der Waals surface area contributed by atoms with E-state index < -0.39 is 30.2 Å². The van der Waals surface area contributed by atoms with Crippen molar-refractivity contribution in [2.75, 3.05) is 0 Å². The largest absolute Gasteiger partial charge is 0.348 e. The molecule has 0 bridgehead atoms. The molecular weight excluding hydrogens is 261 g/mol. The Kier molecular flexibility index (Phi) is 4.15. The quantitative estimate of drug-likeness (QED) is 0.774. The summed E-state index contributed by atoms with van der Waals surface area (Å²) in [6.07, 6.45) is 3.33. The number of nitrogens with two attached hydrogens (primary N) is 1. The van der Waals surface area contributed by atoms with Crippen molar-refractivity contribution in [3.63, 3.8) is 0 Å². The molecule has 1 unspecified atom stereocenters. The molecule has 3 N–H and O–H groups in total. The lowest BCUT2D eigenvalue weighted by Crippen LogP contribution is -2.54. The van der Waals surface area contributed by atoms with Gasteiger partial charge in [-0.2, -0.15) is 0 Å². The molecule has 0 aromatic heterocycles. The number of amides is 2. The summed E-state index contributed by atoms with van der Waals surface area (Å²) in [5.41, 5.74) is 4.97. The normalized spacial score (nSPS) is 40.8. The Morgan fingerprint density at radius 3 is 2.95 bits per heavy atom. The van der Waals surface area contributed by atoms with Crippen LogP contribution in [0.25, 0.3) is 0 Å². The first-order valence-electron chi connectivity index (χ1n) is 6.90. The van der Waals surface area contributed by atoms with Gasteiger partial charge in [-0.25, -0.2) is 9.18 Å². The SMILES string of the molecule is C=CC[C@]1(CC)O[C@@H](N2C=CC(N)NC2=O)[C@H](F)[C@@H]1C. The lowest BCUT2D eigenvalue weighted by Gasteiger charge is -2.33. The summed E-state index contributed by atoms with van der Waals surface area (Å²) < 4.78 is 20.5. The number of halogens is 1. The second kappa shape index (κ2) is 5.54. The summed E-state index contributed by atoms with van der Waals surface area (Å²) in [5, 5.41) is 2.53. The molecule has 0 spiro atoms. The molecule has 2 aliphatic heterocycles. The van der Waals surface area contributed by atoms with Crippen LogP contribution in [0.5, 0.6) is 0 Å². The summed E-state index contributed by atoms with van der Waals surface area (Å²) in [6.45, 7) is 7.48. The zero-order chi connectivity index (χ0) is 14.9. The Hall–Kier alpha value is -1.40. The summed E-state index contributed by atoms with van der Waals surface area (Å²) in [4.78, 5) is 13.2. The molecule has 20 heavy (non-hydrogen) atoms. The van der Waals surface area contributed by atoms with Crippen molar-refractivity contribution < 1.29 is 13.9 Å². The van der Waals surface area contributed by atoms with Gasteiger partial charge < -0.3 is 15.8 Å². The van der Waals surface area contributed by atoms with Crippen molar-refractivity contribution in [1.82, 2.24) is 10.2 Å². The van der Waals surface area contributed by atoms with E-state index in [9.17, 15) is 9.18 Å². The summed E-state index contributed by atoms with van der Waals surface area (Å²) >= 11 is 0. The molecule has 0 aromatic carbocycles. The van der Waals surface area contributed by atoms with Crippen LogP contribution < -0.4 is 11.1 Å². The Morgan fingerprint density at radius 2 is 2.40 bits per heavy atom. The van der Waals surface area contributed by atoms with Gasteiger partial charge in [-0.05, 0) is 18.9 Å². The molecular formula is C14H22FN3O2. The minimum Gasteiger partial charge on any atom is -0.348 e. The minimum absolute atomic E-state index is 0.313. The summed E-state index contributed by atoms with van der Waals surface area (Å²) in [5.74, 6) is -0.313. The topological polar surface area (TPSA) is 67.6 Å². The number of urea groups is 1. The van der Waals surface area contributed by atoms with Crippen LogP contribution in [0.4, 0.5) is 9.18 Å². The van der Waals surface area contributed by atoms with E-state index in [2.05, 4.69) is 11.9 Å². The van der Waals surface area contributed by atoms with Gasteiger partial charge in [-0.1, -0.05) is 19.9 Å². The Bertz CT molecular complexity index is 429. The Balaban J connectivity index is 2.24. The maximum atomic E-state index is 14.6. The van der Waals surface area contributed by atoms with Crippen LogP contribution >= 0.6 is 0 Å². The van der Waals surface area contributed by atoms with Gasteiger partial charge >= 0.3 is 6.03 Å². The van der Waals surface area contributed by atoms with Crippen LogP contribution in [-0.2, 0) is 4.74 Å². The van der Waals surface area contributed by atoms with Crippen molar-refractivity contribution in [3.05, 3.63) is 24.9 Å². The minimum atomic E-state index is -1.25. The number of ether oxygens (including phenoxy) is 1. The third-order valence-electron chi connectivity index (χ3n) is 4.28. The number of hydrogen-bond donors (Lipinski definition) is 2. The van der Waals surface area contributed by atoms with Crippen molar-refractivity contribution in [1.29, 1.82) is 0 Å². The molecule has 2 amide bonds. The van der Waals surface area contributed by atoms with Gasteiger partial charge in [0.25, 0.3) is 0 Å². The van der Waals surface area contributed by atoms with E-state index in [-0.39, 0.29) is 5.92 Å². The average Bonchev–Trinajstić information content (AvgIpc) is 2.65. The van der Waals surface area contributed by atoms with E-state index in [1.807, 2.05) is 13.8 Å². The fourth-order valence-corrected chi connectivity index (χ4v) is 2.91. The van der Waals surface area contributed by atoms with Gasteiger partial charge in [0.1, 0.15) is 0 Å². The van der Waals surface area contributed by atoms with Gasteiger partial charge in [0, 0.05) is 12.1 Å². The van der Waals surface area contributed by atoms with E-state index in [0.29, 0.717) is 12.8 Å². The first-order chi connectivity index (χ1) is 9.45. The molecule has 5 atom stereocenters. The van der Waals surface area contributed by atoms with Gasteiger partial charge in [0.15, 0.2) is 12.4 Å². The highest BCUT2D eigenvalue weighted by molar-refractivity contribution is 5.77. The third-order valence-corrected chi connectivity index (χ3v) is 4.28. The van der Waals surface area contributed by atoms with Crippen molar-refractivity contribution in [2.45, 2.75) is 50.9 Å². The van der Waals surface area contributed by atoms with Gasteiger partial charge in [0.05, 0.1) is 11.8 Å². The first kappa shape index (κ1) is 15.0. The van der Waals surface area contributed by atoms with E-state index in [0.717, 1.165) is 0 Å². The van der Waals surface area contributed by atoms with Crippen LogP contribution in [0.3, 0.4) is 0 Å². The highest BCUT2D eigenvalue weighted by Crippen LogP contribution is 2.44. The number of hydrogen-bond acceptors (Lipinski definition) is 3. The number of rotatable bonds is 4. The van der Waals surface area contributed by atoms with Crippen molar-refractivity contribution in [2.24, 2.45) is 11.7 Å². The molecule has 112 valence electrons. The highest BCUT2D eigenvalue weighted by Gasteiger charge is 2.54. The van der Waals surface area contributed by atoms with Crippen LogP contribution in [0.1, 0.15) is 26.7 Å². The summed E-state index contributed by atoms with van der Waals surface area (Å²) in [7, 11) is 0. The zero-order valence-electron chi connectivity index (χ0n) is 11.9. The van der Waals surface area contributed by atoms with Gasteiger partial charge in [-0.3, -0.25) is 4.90 Å². The Labute approximate surface area is 118 Å². The first-order valence-corrected chi connectivity index (χ1v) is 6.90. The van der Waals surface area contributed by atoms with Crippen LogP contribution in [0, 0.1) is 5.92 Å². The predicted octanol–water partition coefficient (Wildman–Crippen LogP) is 1.87. The molecule has 0 aromatic rings. The number of carbonyl (C=O) groups is 1. The lowest BCUT2D eigenvalue weighted by atomic mass is 9.83. The predicted molar refractivity (Wildman–Crippen MR) is 74.3 cm³/mol. The molecule has 5 nitrogen and oxygen atoms in total. The number of nitrogens with zero attached hydrogens (tertiary/aromatic N) is 1. The van der Waals surface area contributed by atoms with E-state index in [1.165, 1.54) is 11.1 Å². The molecule has 6 heteroatoms. The van der Waals surface area contributed by atoms with E-state index in [1.54, 1.807) is 12.2 Å². The third kappa shape index (κ3) is 2.33. The van der Waals surface area contributed by atoms with Crippen molar-refractivity contribution in [3.8, 4) is 0 Å². The van der Waals surface area contributed by atoms with Gasteiger partial charge in [0.2, 0.25) is 0 Å². The van der Waals surface area contributed by atoms with Crippen LogP contribution in [0.15, 0.2) is 24.9 Å². The molecule has 2 heterocycles. The second-order valence-corrected chi connectivity index (χ2v) is 5.38. The number of carbonyl (C=O) groups excluding carboxylic acids is 1. The van der Waals surface area contributed by atoms with Crippen molar-refractivity contribution >= 4 is 6.03 Å². The highest BCUT2D eigenvalue weighted by atomic mass is 19.1. The molecule has 2 rings (SSSR count). The molecule has 0 aliphatic carbocycles. The Morgan fingerprint density at radius 1 is 1.70 bits per heavy atom. The molecule has 1 fully saturated rings. The standard InChI is InChI=1S/C14H22FN3O2/c1-4-7-14(5-2)9(3)11(15)12(20-14)18-8-6-10(16)17-13(18)19/h4,6,8-12H,1,5,7,16H2,2-3H3,(H,17,19)/t9-,10?,11+,12+,14-/m0/s1.